The molecule has 1 N–H and O–H groups in total. The van der Waals surface area contributed by atoms with Gasteiger partial charge in [-0.1, -0.05) is 44.9 Å². The molecule has 1 saturated carbocycles. The van der Waals surface area contributed by atoms with Crippen LogP contribution in [-0.4, -0.2) is 61.6 Å². The molecule has 7 heteroatoms. The summed E-state index contributed by atoms with van der Waals surface area (Å²) in [6.07, 6.45) is 3.90. The van der Waals surface area contributed by atoms with Gasteiger partial charge in [0.15, 0.2) is 0 Å². The van der Waals surface area contributed by atoms with E-state index in [-0.39, 0.29) is 17.7 Å². The number of benzene rings is 1. The molecule has 2 atom stereocenters. The topological polar surface area (TPSA) is 84.9 Å². The summed E-state index contributed by atoms with van der Waals surface area (Å²) in [7, 11) is 2.95. The van der Waals surface area contributed by atoms with Crippen LogP contribution in [0, 0.1) is 5.92 Å². The SMILES string of the molecule is COCCN1C(=O)c2ccccc2[C@@H](C(=O)N[C@H](CC(C)C)C(=O)OC)C12CCCC2. The molecule has 1 spiro atoms. The standard InChI is InChI=1S/C24H34N2O5/c1-16(2)15-19(23(29)31-4)25-21(27)20-17-9-5-6-10-18(17)22(28)26(13-14-30-3)24(20)11-7-8-12-24/h5-6,9-10,16,19-20H,7-8,11-15H2,1-4H3,(H,25,27)/t19-,20+/m1/s1. The Hall–Kier alpha value is -2.41. The fourth-order valence-electron chi connectivity index (χ4n) is 5.26. The average molecular weight is 431 g/mol. The highest BCUT2D eigenvalue weighted by atomic mass is 16.5. The van der Waals surface area contributed by atoms with Crippen molar-refractivity contribution in [1.29, 1.82) is 0 Å². The number of nitrogens with zero attached hydrogens (tertiary/aromatic N) is 1. The van der Waals surface area contributed by atoms with Crippen LogP contribution >= 0.6 is 0 Å². The van der Waals surface area contributed by atoms with Crippen molar-refractivity contribution in [3.63, 3.8) is 0 Å². The van der Waals surface area contributed by atoms with Crippen molar-refractivity contribution in [2.45, 2.75) is 63.5 Å². The minimum atomic E-state index is -0.715. The number of ether oxygens (including phenoxy) is 2. The lowest BCUT2D eigenvalue weighted by Crippen LogP contribution is -2.62. The van der Waals surface area contributed by atoms with Crippen molar-refractivity contribution in [2.75, 3.05) is 27.4 Å². The van der Waals surface area contributed by atoms with Crippen molar-refractivity contribution >= 4 is 17.8 Å². The molecule has 2 amide bonds. The average Bonchev–Trinajstić information content (AvgIpc) is 3.22. The molecule has 0 aromatic heterocycles. The zero-order chi connectivity index (χ0) is 22.6. The van der Waals surface area contributed by atoms with E-state index in [4.69, 9.17) is 9.47 Å². The van der Waals surface area contributed by atoms with Crippen LogP contribution in [0.15, 0.2) is 24.3 Å². The normalized spacial score (nSPS) is 20.6. The first-order chi connectivity index (χ1) is 14.9. The first-order valence-electron chi connectivity index (χ1n) is 11.1. The van der Waals surface area contributed by atoms with E-state index in [9.17, 15) is 14.4 Å². The van der Waals surface area contributed by atoms with E-state index in [2.05, 4.69) is 5.32 Å². The number of hydrogen-bond donors (Lipinski definition) is 1. The van der Waals surface area contributed by atoms with Gasteiger partial charge in [-0.15, -0.1) is 0 Å². The molecule has 1 aliphatic heterocycles. The molecule has 0 bridgehead atoms. The van der Waals surface area contributed by atoms with Crippen LogP contribution in [-0.2, 0) is 19.1 Å². The predicted octanol–water partition coefficient (Wildman–Crippen LogP) is 2.89. The number of nitrogens with one attached hydrogen (secondary N) is 1. The van der Waals surface area contributed by atoms with Gasteiger partial charge in [0.25, 0.3) is 5.91 Å². The lowest BCUT2D eigenvalue weighted by molar-refractivity contribution is -0.146. The second-order valence-corrected chi connectivity index (χ2v) is 8.99. The Morgan fingerprint density at radius 3 is 2.48 bits per heavy atom. The van der Waals surface area contributed by atoms with Crippen LogP contribution in [0.2, 0.25) is 0 Å². The Bertz CT molecular complexity index is 816. The highest BCUT2D eigenvalue weighted by molar-refractivity contribution is 6.02. The summed E-state index contributed by atoms with van der Waals surface area (Å²) in [5, 5.41) is 2.97. The van der Waals surface area contributed by atoms with Gasteiger partial charge >= 0.3 is 5.97 Å². The van der Waals surface area contributed by atoms with Gasteiger partial charge in [0, 0.05) is 19.2 Å². The van der Waals surface area contributed by atoms with Crippen LogP contribution in [0.25, 0.3) is 0 Å². The summed E-state index contributed by atoms with van der Waals surface area (Å²) in [6, 6.07) is 6.63. The minimum Gasteiger partial charge on any atom is -0.467 e. The molecule has 3 rings (SSSR count). The minimum absolute atomic E-state index is 0.0506. The van der Waals surface area contributed by atoms with Gasteiger partial charge in [0.1, 0.15) is 6.04 Å². The Morgan fingerprint density at radius 1 is 1.19 bits per heavy atom. The van der Waals surface area contributed by atoms with Gasteiger partial charge in [0.2, 0.25) is 5.91 Å². The summed E-state index contributed by atoms with van der Waals surface area (Å²) in [6.45, 7) is 4.84. The number of fused-ring (bicyclic) bond motifs is 1. The van der Waals surface area contributed by atoms with Gasteiger partial charge in [0.05, 0.1) is 25.2 Å². The second-order valence-electron chi connectivity index (χ2n) is 8.99. The molecule has 170 valence electrons. The largest absolute Gasteiger partial charge is 0.467 e. The van der Waals surface area contributed by atoms with E-state index < -0.39 is 23.5 Å². The van der Waals surface area contributed by atoms with E-state index in [0.29, 0.717) is 25.1 Å². The Labute approximate surface area is 184 Å². The fourth-order valence-corrected chi connectivity index (χ4v) is 5.26. The van der Waals surface area contributed by atoms with Crippen molar-refractivity contribution in [3.05, 3.63) is 35.4 Å². The third-order valence-electron chi connectivity index (χ3n) is 6.58. The molecule has 1 heterocycles. The predicted molar refractivity (Wildman–Crippen MR) is 117 cm³/mol. The summed E-state index contributed by atoms with van der Waals surface area (Å²) < 4.78 is 10.2. The lowest BCUT2D eigenvalue weighted by Gasteiger charge is -2.50. The molecule has 0 saturated heterocycles. The molecule has 1 aromatic carbocycles. The quantitative estimate of drug-likeness (QED) is 0.641. The first-order valence-corrected chi connectivity index (χ1v) is 11.1. The molecule has 7 nitrogen and oxygen atoms in total. The highest BCUT2D eigenvalue weighted by Crippen LogP contribution is 2.50. The third-order valence-corrected chi connectivity index (χ3v) is 6.58. The fraction of sp³-hybridized carbons (Fsp3) is 0.625. The number of amides is 2. The van der Waals surface area contributed by atoms with Gasteiger partial charge < -0.3 is 19.7 Å². The number of rotatable bonds is 8. The van der Waals surface area contributed by atoms with Crippen LogP contribution in [0.3, 0.4) is 0 Å². The molecule has 2 aliphatic rings. The van der Waals surface area contributed by atoms with Gasteiger partial charge in [-0.25, -0.2) is 4.79 Å². The monoisotopic (exact) mass is 430 g/mol. The number of carbonyl (C=O) groups is 3. The zero-order valence-electron chi connectivity index (χ0n) is 19.0. The van der Waals surface area contributed by atoms with Crippen molar-refractivity contribution in [2.24, 2.45) is 5.92 Å². The number of carbonyl (C=O) groups excluding carboxylic acids is 3. The second kappa shape index (κ2) is 9.81. The summed E-state index contributed by atoms with van der Waals surface area (Å²) in [5.74, 6) is -1.05. The van der Waals surface area contributed by atoms with E-state index in [0.717, 1.165) is 31.2 Å². The number of hydrogen-bond acceptors (Lipinski definition) is 5. The van der Waals surface area contributed by atoms with Crippen LogP contribution in [0.4, 0.5) is 0 Å². The van der Waals surface area contributed by atoms with E-state index >= 15 is 0 Å². The molecule has 1 aliphatic carbocycles. The maximum Gasteiger partial charge on any atom is 0.328 e. The molecular weight excluding hydrogens is 396 g/mol. The van der Waals surface area contributed by atoms with E-state index in [1.807, 2.05) is 36.9 Å². The summed E-state index contributed by atoms with van der Waals surface area (Å²) in [4.78, 5) is 41.4. The number of methoxy groups -OCH3 is 2. The van der Waals surface area contributed by atoms with E-state index in [1.165, 1.54) is 7.11 Å². The van der Waals surface area contributed by atoms with Gasteiger partial charge in [-0.2, -0.15) is 0 Å². The molecule has 0 radical (unpaired) electrons. The maximum absolute atomic E-state index is 13.8. The third kappa shape index (κ3) is 4.47. The zero-order valence-corrected chi connectivity index (χ0v) is 19.0. The van der Waals surface area contributed by atoms with Gasteiger partial charge in [-0.3, -0.25) is 9.59 Å². The van der Waals surface area contributed by atoms with Crippen molar-refractivity contribution in [3.8, 4) is 0 Å². The smallest absolute Gasteiger partial charge is 0.328 e. The molecule has 1 fully saturated rings. The van der Waals surface area contributed by atoms with Gasteiger partial charge in [-0.05, 0) is 36.8 Å². The van der Waals surface area contributed by atoms with Crippen molar-refractivity contribution < 1.29 is 23.9 Å². The number of esters is 1. The van der Waals surface area contributed by atoms with Crippen LogP contribution in [0.5, 0.6) is 0 Å². The highest BCUT2D eigenvalue weighted by Gasteiger charge is 2.55. The summed E-state index contributed by atoms with van der Waals surface area (Å²) >= 11 is 0. The maximum atomic E-state index is 13.8. The molecular formula is C24H34N2O5. The lowest BCUT2D eigenvalue weighted by atomic mass is 9.71. The molecule has 31 heavy (non-hydrogen) atoms. The Balaban J connectivity index is 2.04. The van der Waals surface area contributed by atoms with Crippen LogP contribution in [0.1, 0.15) is 67.8 Å². The molecule has 1 aromatic rings. The van der Waals surface area contributed by atoms with Crippen LogP contribution < -0.4 is 5.32 Å². The van der Waals surface area contributed by atoms with E-state index in [1.54, 1.807) is 13.2 Å². The Kier molecular flexibility index (Phi) is 7.36. The summed E-state index contributed by atoms with van der Waals surface area (Å²) in [5.41, 5.74) is 0.690. The van der Waals surface area contributed by atoms with Crippen molar-refractivity contribution in [1.82, 2.24) is 10.2 Å². The Morgan fingerprint density at radius 2 is 1.87 bits per heavy atom. The first kappa shape index (κ1) is 23.3. The molecule has 0 unspecified atom stereocenters.